The van der Waals surface area contributed by atoms with Gasteiger partial charge in [0.25, 0.3) is 5.91 Å². The van der Waals surface area contributed by atoms with Crippen molar-refractivity contribution in [1.82, 2.24) is 10.6 Å². The Labute approximate surface area is 118 Å². The molecule has 1 aromatic carbocycles. The molecule has 1 amide bonds. The molecule has 0 aromatic heterocycles. The lowest BCUT2D eigenvalue weighted by molar-refractivity contribution is 0.0949. The van der Waals surface area contributed by atoms with E-state index < -0.39 is 0 Å². The maximum atomic E-state index is 11.4. The number of nitrogens with one attached hydrogen (secondary N) is 2. The highest BCUT2D eigenvalue weighted by molar-refractivity contribution is 5.97. The zero-order valence-corrected chi connectivity index (χ0v) is 8.83. The number of hydrogen-bond donors (Lipinski definition) is 2. The SMILES string of the molecule is C.C.C.C.CNCNC(=O)c1ccc(C(C)=O)cc1. The molecule has 0 aliphatic rings. The summed E-state index contributed by atoms with van der Waals surface area (Å²) in [4.78, 5) is 22.4. The molecule has 0 bridgehead atoms. The third-order valence-corrected chi connectivity index (χ3v) is 1.98. The van der Waals surface area contributed by atoms with E-state index in [1.807, 2.05) is 0 Å². The second kappa shape index (κ2) is 12.8. The minimum absolute atomic E-state index is 0. The van der Waals surface area contributed by atoms with Crippen LogP contribution in [0.1, 0.15) is 57.3 Å². The maximum Gasteiger partial charge on any atom is 0.252 e. The predicted molar refractivity (Wildman–Crippen MR) is 84.8 cm³/mol. The molecule has 0 aliphatic heterocycles. The van der Waals surface area contributed by atoms with E-state index in [0.29, 0.717) is 17.8 Å². The zero-order valence-electron chi connectivity index (χ0n) is 8.83. The Balaban J connectivity index is -0.000000281. The van der Waals surface area contributed by atoms with Gasteiger partial charge in [0.15, 0.2) is 5.78 Å². The number of hydrogen-bond acceptors (Lipinski definition) is 3. The first-order chi connectivity index (χ1) is 7.15. The van der Waals surface area contributed by atoms with E-state index in [9.17, 15) is 9.59 Å². The monoisotopic (exact) mass is 270 g/mol. The van der Waals surface area contributed by atoms with Crippen LogP contribution < -0.4 is 10.6 Å². The van der Waals surface area contributed by atoms with Gasteiger partial charge in [0.05, 0.1) is 6.67 Å². The lowest BCUT2D eigenvalue weighted by atomic mass is 10.1. The predicted octanol–water partition coefficient (Wildman–Crippen LogP) is 3.34. The van der Waals surface area contributed by atoms with Crippen LogP contribution >= 0.6 is 0 Å². The maximum absolute atomic E-state index is 11.4. The van der Waals surface area contributed by atoms with Crippen LogP contribution in [-0.2, 0) is 0 Å². The fraction of sp³-hybridized carbons (Fsp3) is 0.467. The second-order valence-electron chi connectivity index (χ2n) is 3.17. The number of carbonyl (C=O) groups is 2. The van der Waals surface area contributed by atoms with Crippen molar-refractivity contribution in [1.29, 1.82) is 0 Å². The fourth-order valence-corrected chi connectivity index (χ4v) is 1.13. The Morgan fingerprint density at radius 2 is 1.37 bits per heavy atom. The van der Waals surface area contributed by atoms with Crippen LogP contribution in [0.25, 0.3) is 0 Å². The van der Waals surface area contributed by atoms with Crippen LogP contribution in [0, 0.1) is 0 Å². The minimum atomic E-state index is -0.153. The van der Waals surface area contributed by atoms with Crippen molar-refractivity contribution >= 4 is 11.7 Å². The molecule has 1 rings (SSSR count). The Kier molecular flexibility index (Phi) is 17.5. The van der Waals surface area contributed by atoms with Crippen LogP contribution in [0.15, 0.2) is 24.3 Å². The van der Waals surface area contributed by atoms with Crippen molar-refractivity contribution in [3.8, 4) is 0 Å². The lowest BCUT2D eigenvalue weighted by Crippen LogP contribution is -2.31. The molecule has 0 heterocycles. The average Bonchev–Trinajstić information content (AvgIpc) is 2.26. The normalized spacial score (nSPS) is 7.68. The van der Waals surface area contributed by atoms with Gasteiger partial charge in [0.1, 0.15) is 0 Å². The first kappa shape index (κ1) is 26.0. The second-order valence-corrected chi connectivity index (χ2v) is 3.17. The van der Waals surface area contributed by atoms with E-state index in [0.717, 1.165) is 0 Å². The van der Waals surface area contributed by atoms with E-state index in [1.165, 1.54) is 6.92 Å². The average molecular weight is 270 g/mol. The van der Waals surface area contributed by atoms with Crippen molar-refractivity contribution in [2.75, 3.05) is 13.7 Å². The Hall–Kier alpha value is -1.68. The van der Waals surface area contributed by atoms with Gasteiger partial charge in [0.2, 0.25) is 0 Å². The number of ketones is 1. The third-order valence-electron chi connectivity index (χ3n) is 1.98. The zero-order chi connectivity index (χ0) is 11.3. The molecule has 0 aliphatic carbocycles. The number of amides is 1. The molecule has 4 heteroatoms. The van der Waals surface area contributed by atoms with Crippen molar-refractivity contribution in [2.24, 2.45) is 0 Å². The van der Waals surface area contributed by atoms with Crippen molar-refractivity contribution in [3.05, 3.63) is 35.4 Å². The summed E-state index contributed by atoms with van der Waals surface area (Å²) in [7, 11) is 1.75. The van der Waals surface area contributed by atoms with Crippen LogP contribution in [0.4, 0.5) is 0 Å². The first-order valence-electron chi connectivity index (χ1n) is 4.69. The van der Waals surface area contributed by atoms with Crippen molar-refractivity contribution in [3.63, 3.8) is 0 Å². The summed E-state index contributed by atoms with van der Waals surface area (Å²) in [6, 6.07) is 6.58. The van der Waals surface area contributed by atoms with Gasteiger partial charge in [0, 0.05) is 11.1 Å². The molecule has 0 spiro atoms. The molecule has 2 N–H and O–H groups in total. The molecule has 0 saturated heterocycles. The quantitative estimate of drug-likeness (QED) is 0.651. The van der Waals surface area contributed by atoms with Crippen LogP contribution in [0.3, 0.4) is 0 Å². The summed E-state index contributed by atoms with van der Waals surface area (Å²) in [5.74, 6) is -0.156. The summed E-state index contributed by atoms with van der Waals surface area (Å²) < 4.78 is 0. The van der Waals surface area contributed by atoms with Crippen molar-refractivity contribution in [2.45, 2.75) is 36.6 Å². The molecule has 0 saturated carbocycles. The standard InChI is InChI=1S/C11H14N2O2.4CH4/c1-8(14)9-3-5-10(6-4-9)11(15)13-7-12-2;;;;/h3-6,12H,7H2,1-2H3,(H,13,15);4*1H4. The van der Waals surface area contributed by atoms with Crippen LogP contribution in [0.2, 0.25) is 0 Å². The van der Waals surface area contributed by atoms with Crippen LogP contribution in [-0.4, -0.2) is 25.4 Å². The summed E-state index contributed by atoms with van der Waals surface area (Å²) in [5, 5.41) is 5.47. The Bertz CT molecular complexity index is 359. The van der Waals surface area contributed by atoms with Gasteiger partial charge in [-0.15, -0.1) is 0 Å². The first-order valence-corrected chi connectivity index (χ1v) is 4.69. The van der Waals surface area contributed by atoms with E-state index >= 15 is 0 Å². The number of carbonyl (C=O) groups excluding carboxylic acids is 2. The van der Waals surface area contributed by atoms with Gasteiger partial charge >= 0.3 is 0 Å². The fourth-order valence-electron chi connectivity index (χ4n) is 1.13. The third kappa shape index (κ3) is 8.11. The molecule has 4 nitrogen and oxygen atoms in total. The van der Waals surface area contributed by atoms with Gasteiger partial charge in [-0.05, 0) is 26.1 Å². The highest BCUT2D eigenvalue weighted by Crippen LogP contribution is 2.04. The summed E-state index contributed by atoms with van der Waals surface area (Å²) in [5.41, 5.74) is 1.16. The van der Waals surface area contributed by atoms with Gasteiger partial charge in [-0.3, -0.25) is 9.59 Å². The highest BCUT2D eigenvalue weighted by atomic mass is 16.1. The number of Topliss-reactive ketones (excluding diaryl/α,β-unsaturated/α-hetero) is 1. The largest absolute Gasteiger partial charge is 0.339 e. The number of benzene rings is 1. The van der Waals surface area contributed by atoms with E-state index in [2.05, 4.69) is 10.6 Å². The van der Waals surface area contributed by atoms with E-state index in [4.69, 9.17) is 0 Å². The molecule has 0 unspecified atom stereocenters. The molecule has 0 radical (unpaired) electrons. The van der Waals surface area contributed by atoms with E-state index in [-0.39, 0.29) is 41.4 Å². The van der Waals surface area contributed by atoms with Gasteiger partial charge in [-0.25, -0.2) is 0 Å². The smallest absolute Gasteiger partial charge is 0.252 e. The van der Waals surface area contributed by atoms with E-state index in [1.54, 1.807) is 31.3 Å². The molecular formula is C15H30N2O2. The van der Waals surface area contributed by atoms with Crippen LogP contribution in [0.5, 0.6) is 0 Å². The van der Waals surface area contributed by atoms with Crippen molar-refractivity contribution < 1.29 is 9.59 Å². The molecular weight excluding hydrogens is 240 g/mol. The Morgan fingerprint density at radius 1 is 0.947 bits per heavy atom. The molecule has 1 aromatic rings. The van der Waals surface area contributed by atoms with Gasteiger partial charge in [-0.1, -0.05) is 41.8 Å². The summed E-state index contributed by atoms with van der Waals surface area (Å²) >= 11 is 0. The van der Waals surface area contributed by atoms with Gasteiger partial charge < -0.3 is 10.6 Å². The highest BCUT2D eigenvalue weighted by Gasteiger charge is 2.05. The summed E-state index contributed by atoms with van der Waals surface area (Å²) in [6.07, 6.45) is 0. The lowest BCUT2D eigenvalue weighted by Gasteiger charge is -2.04. The molecule has 112 valence electrons. The van der Waals surface area contributed by atoms with Gasteiger partial charge in [-0.2, -0.15) is 0 Å². The molecule has 0 fully saturated rings. The molecule has 0 atom stereocenters. The molecule has 19 heavy (non-hydrogen) atoms. The number of rotatable bonds is 4. The topological polar surface area (TPSA) is 58.2 Å². The summed E-state index contributed by atoms with van der Waals surface area (Å²) in [6.45, 7) is 1.92. The Morgan fingerprint density at radius 3 is 1.74 bits per heavy atom. The minimum Gasteiger partial charge on any atom is -0.339 e.